The molecular weight excluding hydrogens is 208 g/mol. The first kappa shape index (κ1) is 13.6. The van der Waals surface area contributed by atoms with Gasteiger partial charge >= 0.3 is 0 Å². The summed E-state index contributed by atoms with van der Waals surface area (Å²) < 4.78 is 30.6. The van der Waals surface area contributed by atoms with Gasteiger partial charge in [0.15, 0.2) is 0 Å². The fourth-order valence-electron chi connectivity index (χ4n) is 0.888. The Morgan fingerprint density at radius 1 is 1.14 bits per heavy atom. The Morgan fingerprint density at radius 2 is 1.50 bits per heavy atom. The highest BCUT2D eigenvalue weighted by Gasteiger charge is 2.31. The Kier molecular flexibility index (Phi) is 3.51. The first-order valence-corrected chi connectivity index (χ1v) is 5.43. The molecule has 0 spiro atoms. The molecule has 0 aromatic carbocycles. The van der Waals surface area contributed by atoms with E-state index in [0.29, 0.717) is 0 Å². The second kappa shape index (κ2) is 3.62. The maximum Gasteiger partial charge on any atom is 0.293 e. The van der Waals surface area contributed by atoms with E-state index >= 15 is 0 Å². The molecule has 0 fully saturated rings. The van der Waals surface area contributed by atoms with E-state index in [0.717, 1.165) is 6.08 Å². The molecule has 0 rings (SSSR count). The highest BCUT2D eigenvalue weighted by atomic mass is 32.2. The zero-order chi connectivity index (χ0) is 11.8. The predicted molar refractivity (Wildman–Crippen MR) is 52.2 cm³/mol. The van der Waals surface area contributed by atoms with Crippen LogP contribution in [-0.2, 0) is 10.1 Å². The third-order valence-corrected chi connectivity index (χ3v) is 2.54. The van der Waals surface area contributed by atoms with Crippen molar-refractivity contribution < 1.29 is 23.2 Å². The van der Waals surface area contributed by atoms with Crippen LogP contribution in [0.25, 0.3) is 0 Å². The normalized spacial score (nSPS) is 15.8. The average Bonchev–Trinajstić information content (AvgIpc) is 1.75. The molecular formula is C8H16O5S. The average molecular weight is 224 g/mol. The van der Waals surface area contributed by atoms with Crippen molar-refractivity contribution in [3.63, 3.8) is 0 Å². The summed E-state index contributed by atoms with van der Waals surface area (Å²) in [6.07, 6.45) is 0.905. The Balaban J connectivity index is 5.50. The lowest BCUT2D eigenvalue weighted by Gasteiger charge is -2.22. The SMILES string of the molecule is CC(C)(O)/C=C(/C(C)(C)O)S(=O)(=O)O. The third kappa shape index (κ3) is 4.71. The summed E-state index contributed by atoms with van der Waals surface area (Å²) in [5.41, 5.74) is -3.15. The molecule has 0 radical (unpaired) electrons. The van der Waals surface area contributed by atoms with Crippen molar-refractivity contribution in [2.24, 2.45) is 0 Å². The first-order valence-electron chi connectivity index (χ1n) is 3.99. The van der Waals surface area contributed by atoms with Gasteiger partial charge in [-0.25, -0.2) is 0 Å². The predicted octanol–water partition coefficient (Wildman–Crippen LogP) is 0.300. The number of hydrogen-bond donors (Lipinski definition) is 3. The van der Waals surface area contributed by atoms with Crippen LogP contribution in [-0.4, -0.2) is 34.4 Å². The molecule has 0 aliphatic carbocycles. The van der Waals surface area contributed by atoms with E-state index in [1.807, 2.05) is 0 Å². The van der Waals surface area contributed by atoms with E-state index in [1.54, 1.807) is 0 Å². The van der Waals surface area contributed by atoms with Crippen LogP contribution >= 0.6 is 0 Å². The molecule has 0 saturated carbocycles. The van der Waals surface area contributed by atoms with Crippen molar-refractivity contribution in [1.82, 2.24) is 0 Å². The van der Waals surface area contributed by atoms with E-state index < -0.39 is 26.2 Å². The Bertz CT molecular complexity index is 326. The molecule has 0 aliphatic heterocycles. The van der Waals surface area contributed by atoms with Crippen LogP contribution in [0.2, 0.25) is 0 Å². The monoisotopic (exact) mass is 224 g/mol. The summed E-state index contributed by atoms with van der Waals surface area (Å²) in [5.74, 6) is 0. The highest BCUT2D eigenvalue weighted by molar-refractivity contribution is 7.89. The second-order valence-corrected chi connectivity index (χ2v) is 5.59. The number of rotatable bonds is 3. The van der Waals surface area contributed by atoms with Crippen molar-refractivity contribution in [3.05, 3.63) is 11.0 Å². The van der Waals surface area contributed by atoms with Crippen molar-refractivity contribution in [2.45, 2.75) is 38.9 Å². The first-order chi connectivity index (χ1) is 5.84. The van der Waals surface area contributed by atoms with Gasteiger partial charge in [-0.1, -0.05) is 0 Å². The quantitative estimate of drug-likeness (QED) is 0.599. The summed E-state index contributed by atoms with van der Waals surface area (Å²) in [7, 11) is -4.50. The summed E-state index contributed by atoms with van der Waals surface area (Å²) in [4.78, 5) is -0.613. The zero-order valence-electron chi connectivity index (χ0n) is 8.64. The van der Waals surface area contributed by atoms with E-state index in [1.165, 1.54) is 27.7 Å². The van der Waals surface area contributed by atoms with Crippen LogP contribution in [0.1, 0.15) is 27.7 Å². The van der Waals surface area contributed by atoms with Gasteiger partial charge in [-0.2, -0.15) is 8.42 Å². The molecule has 0 aromatic heterocycles. The molecule has 0 atom stereocenters. The molecule has 0 aliphatic rings. The molecule has 5 nitrogen and oxygen atoms in total. The third-order valence-electron chi connectivity index (χ3n) is 1.37. The van der Waals surface area contributed by atoms with Crippen LogP contribution in [0.15, 0.2) is 11.0 Å². The van der Waals surface area contributed by atoms with Gasteiger partial charge in [-0.15, -0.1) is 0 Å². The molecule has 0 aromatic rings. The topological polar surface area (TPSA) is 94.8 Å². The lowest BCUT2D eigenvalue weighted by molar-refractivity contribution is 0.109. The molecule has 0 heterocycles. The Morgan fingerprint density at radius 3 is 1.57 bits per heavy atom. The van der Waals surface area contributed by atoms with Gasteiger partial charge in [0, 0.05) is 0 Å². The maximum absolute atomic E-state index is 10.9. The van der Waals surface area contributed by atoms with Crippen molar-refractivity contribution in [1.29, 1.82) is 0 Å². The summed E-state index contributed by atoms with van der Waals surface area (Å²) in [6, 6.07) is 0. The van der Waals surface area contributed by atoms with Crippen molar-refractivity contribution >= 4 is 10.1 Å². The van der Waals surface area contributed by atoms with E-state index in [4.69, 9.17) is 4.55 Å². The van der Waals surface area contributed by atoms with Crippen LogP contribution in [0, 0.1) is 0 Å². The number of aliphatic hydroxyl groups is 2. The van der Waals surface area contributed by atoms with Crippen LogP contribution in [0.3, 0.4) is 0 Å². The smallest absolute Gasteiger partial charge is 0.293 e. The molecule has 84 valence electrons. The van der Waals surface area contributed by atoms with Gasteiger partial charge in [-0.3, -0.25) is 4.55 Å². The van der Waals surface area contributed by atoms with Gasteiger partial charge in [0.05, 0.1) is 11.2 Å². The molecule has 0 amide bonds. The van der Waals surface area contributed by atoms with Crippen molar-refractivity contribution in [3.8, 4) is 0 Å². The van der Waals surface area contributed by atoms with E-state index in [-0.39, 0.29) is 0 Å². The summed E-state index contributed by atoms with van der Waals surface area (Å²) in [5, 5.41) is 18.8. The molecule has 14 heavy (non-hydrogen) atoms. The molecule has 0 bridgehead atoms. The molecule has 6 heteroatoms. The largest absolute Gasteiger partial charge is 0.386 e. The fraction of sp³-hybridized carbons (Fsp3) is 0.750. The lowest BCUT2D eigenvalue weighted by Crippen LogP contribution is -2.30. The van der Waals surface area contributed by atoms with Gasteiger partial charge in [-0.05, 0) is 33.8 Å². The van der Waals surface area contributed by atoms with Crippen LogP contribution < -0.4 is 0 Å². The summed E-state index contributed by atoms with van der Waals surface area (Å²) in [6.45, 7) is 5.09. The fourth-order valence-corrected chi connectivity index (χ4v) is 1.96. The minimum absolute atomic E-state index is 0.613. The van der Waals surface area contributed by atoms with E-state index in [9.17, 15) is 18.6 Å². The van der Waals surface area contributed by atoms with Crippen LogP contribution in [0.5, 0.6) is 0 Å². The molecule has 3 N–H and O–H groups in total. The minimum Gasteiger partial charge on any atom is -0.386 e. The van der Waals surface area contributed by atoms with Gasteiger partial charge < -0.3 is 10.2 Å². The van der Waals surface area contributed by atoms with Gasteiger partial charge in [0.1, 0.15) is 4.91 Å². The number of hydrogen-bond acceptors (Lipinski definition) is 4. The highest BCUT2D eigenvalue weighted by Crippen LogP contribution is 2.23. The minimum atomic E-state index is -4.50. The lowest BCUT2D eigenvalue weighted by atomic mass is 10.0. The zero-order valence-corrected chi connectivity index (χ0v) is 9.46. The van der Waals surface area contributed by atoms with E-state index in [2.05, 4.69) is 0 Å². The molecule has 0 saturated heterocycles. The standard InChI is InChI=1S/C8H16O5S/c1-7(2,9)5-6(8(3,4)10)14(11,12)13/h5,9-10H,1-4H3,(H,11,12,13)/b6-5-. The van der Waals surface area contributed by atoms with Crippen molar-refractivity contribution in [2.75, 3.05) is 0 Å². The van der Waals surface area contributed by atoms with Gasteiger partial charge in [0.2, 0.25) is 0 Å². The summed E-state index contributed by atoms with van der Waals surface area (Å²) >= 11 is 0. The van der Waals surface area contributed by atoms with Gasteiger partial charge in [0.25, 0.3) is 10.1 Å². The Hall–Kier alpha value is -0.430. The Labute approximate surface area is 83.8 Å². The van der Waals surface area contributed by atoms with Crippen LogP contribution in [0.4, 0.5) is 0 Å². The maximum atomic E-state index is 10.9. The molecule has 0 unspecified atom stereocenters. The second-order valence-electron chi connectivity index (χ2n) is 4.20.